The summed E-state index contributed by atoms with van der Waals surface area (Å²) in [6.45, 7) is 4.20. The van der Waals surface area contributed by atoms with Gasteiger partial charge in [0.25, 0.3) is 0 Å². The number of rotatable bonds is 4. The molecule has 4 rings (SSSR count). The van der Waals surface area contributed by atoms with Gasteiger partial charge >= 0.3 is 0 Å². The second-order valence-corrected chi connectivity index (χ2v) is 7.89. The van der Waals surface area contributed by atoms with E-state index in [4.69, 9.17) is 0 Å². The minimum absolute atomic E-state index is 0.0463. The highest BCUT2D eigenvalue weighted by Crippen LogP contribution is 2.30. The van der Waals surface area contributed by atoms with Crippen LogP contribution in [0, 0.1) is 6.92 Å². The maximum atomic E-state index is 11.7. The molecule has 0 radical (unpaired) electrons. The lowest BCUT2D eigenvalue weighted by molar-refractivity contribution is 0.177. The molecule has 2 atom stereocenters. The average molecular weight is 364 g/mol. The van der Waals surface area contributed by atoms with Crippen LogP contribution < -0.4 is 10.5 Å². The molecule has 0 aliphatic carbocycles. The quantitative estimate of drug-likeness (QED) is 0.905. The van der Waals surface area contributed by atoms with Crippen LogP contribution in [0.4, 0.5) is 5.69 Å². The molecule has 2 aliphatic rings. The summed E-state index contributed by atoms with van der Waals surface area (Å²) in [4.78, 5) is 21.9. The van der Waals surface area contributed by atoms with Crippen LogP contribution in [0.25, 0.3) is 10.9 Å². The Morgan fingerprint density at radius 1 is 1.22 bits per heavy atom. The lowest BCUT2D eigenvalue weighted by Crippen LogP contribution is -2.50. The molecule has 3 heterocycles. The van der Waals surface area contributed by atoms with Crippen LogP contribution in [0.1, 0.15) is 18.4 Å². The second kappa shape index (κ2) is 7.33. The van der Waals surface area contributed by atoms with Gasteiger partial charge < -0.3 is 14.8 Å². The van der Waals surface area contributed by atoms with Gasteiger partial charge in [-0.05, 0) is 69.8 Å². The van der Waals surface area contributed by atoms with Crippen molar-refractivity contribution in [2.75, 3.05) is 32.1 Å². The summed E-state index contributed by atoms with van der Waals surface area (Å²) in [7, 11) is 4.30. The number of hydrogen-bond donors (Lipinski definition) is 1. The molecule has 27 heavy (non-hydrogen) atoms. The maximum absolute atomic E-state index is 11.7. The number of aromatic amines is 1. The van der Waals surface area contributed by atoms with Gasteiger partial charge in [-0.2, -0.15) is 0 Å². The van der Waals surface area contributed by atoms with Gasteiger partial charge in [-0.25, -0.2) is 0 Å². The number of pyridine rings is 1. The molecule has 0 saturated carbocycles. The molecule has 0 spiro atoms. The number of likely N-dealkylation sites (tertiary alicyclic amines) is 1. The number of allylic oxidation sites excluding steroid dienone is 2. The summed E-state index contributed by atoms with van der Waals surface area (Å²) in [5, 5.41) is 1.10. The third-order valence-corrected chi connectivity index (χ3v) is 5.60. The monoisotopic (exact) mass is 364 g/mol. The Balaban J connectivity index is 1.69. The molecule has 1 aromatic heterocycles. The van der Waals surface area contributed by atoms with Crippen molar-refractivity contribution < 1.29 is 0 Å². The average Bonchev–Trinajstić information content (AvgIpc) is 3.08. The van der Waals surface area contributed by atoms with Crippen molar-refractivity contribution in [3.63, 3.8) is 0 Å². The smallest absolute Gasteiger partial charge is 0.248 e. The minimum Gasteiger partial charge on any atom is -0.328 e. The zero-order valence-electron chi connectivity index (χ0n) is 16.4. The molecule has 1 N–H and O–H groups in total. The largest absolute Gasteiger partial charge is 0.328 e. The van der Waals surface area contributed by atoms with Crippen LogP contribution in [0.3, 0.4) is 0 Å². The molecule has 1 saturated heterocycles. The lowest BCUT2D eigenvalue weighted by Gasteiger charge is -2.40. The topological polar surface area (TPSA) is 42.6 Å². The summed E-state index contributed by atoms with van der Waals surface area (Å²) in [5.74, 6) is 0. The number of benzene rings is 1. The van der Waals surface area contributed by atoms with Crippen LogP contribution in [-0.2, 0) is 0 Å². The summed E-state index contributed by atoms with van der Waals surface area (Å²) in [6.07, 6.45) is 11.4. The number of hydrogen-bond acceptors (Lipinski definition) is 4. The summed E-state index contributed by atoms with van der Waals surface area (Å²) in [5.41, 5.74) is 3.01. The Kier molecular flexibility index (Phi) is 4.89. The first kappa shape index (κ1) is 18.0. The number of likely N-dealkylation sites (N-methyl/N-ethyl adjacent to an activating group) is 1. The highest BCUT2D eigenvalue weighted by Gasteiger charge is 2.33. The molecule has 2 aromatic rings. The number of aryl methyl sites for hydroxylation is 1. The highest BCUT2D eigenvalue weighted by atomic mass is 16.1. The fraction of sp³-hybridized carbons (Fsp3) is 0.409. The summed E-state index contributed by atoms with van der Waals surface area (Å²) >= 11 is 0. The molecular formula is C22H28N4O. The number of aromatic nitrogens is 1. The van der Waals surface area contributed by atoms with Gasteiger partial charge in [0.2, 0.25) is 5.56 Å². The van der Waals surface area contributed by atoms with E-state index in [1.165, 1.54) is 12.8 Å². The fourth-order valence-corrected chi connectivity index (χ4v) is 4.39. The van der Waals surface area contributed by atoms with Crippen LogP contribution in [-0.4, -0.2) is 54.2 Å². The van der Waals surface area contributed by atoms with Gasteiger partial charge in [0.15, 0.2) is 0 Å². The Bertz CT molecular complexity index is 943. The molecule has 0 bridgehead atoms. The van der Waals surface area contributed by atoms with E-state index >= 15 is 0 Å². The lowest BCUT2D eigenvalue weighted by atomic mass is 10.1. The van der Waals surface area contributed by atoms with Crippen molar-refractivity contribution in [1.82, 2.24) is 14.8 Å². The first-order valence-corrected chi connectivity index (χ1v) is 9.70. The molecule has 1 aromatic carbocycles. The Hall–Kier alpha value is -2.37. The van der Waals surface area contributed by atoms with Crippen molar-refractivity contribution in [2.24, 2.45) is 0 Å². The maximum Gasteiger partial charge on any atom is 0.248 e. The van der Waals surface area contributed by atoms with Gasteiger partial charge in [0.05, 0.1) is 0 Å². The number of nitrogens with zero attached hydrogens (tertiary/aromatic N) is 3. The van der Waals surface area contributed by atoms with E-state index in [0.29, 0.717) is 6.04 Å². The van der Waals surface area contributed by atoms with Crippen molar-refractivity contribution in [3.8, 4) is 0 Å². The van der Waals surface area contributed by atoms with E-state index in [1.54, 1.807) is 6.07 Å². The third kappa shape index (κ3) is 3.57. The summed E-state index contributed by atoms with van der Waals surface area (Å²) < 4.78 is 0. The molecule has 5 nitrogen and oxygen atoms in total. The number of H-pyrrole nitrogens is 1. The van der Waals surface area contributed by atoms with Crippen LogP contribution in [0.2, 0.25) is 0 Å². The third-order valence-electron chi connectivity index (χ3n) is 5.60. The van der Waals surface area contributed by atoms with Gasteiger partial charge in [0.1, 0.15) is 6.17 Å². The van der Waals surface area contributed by atoms with Crippen molar-refractivity contribution >= 4 is 16.6 Å². The predicted molar refractivity (Wildman–Crippen MR) is 112 cm³/mol. The van der Waals surface area contributed by atoms with Gasteiger partial charge in [-0.15, -0.1) is 0 Å². The van der Waals surface area contributed by atoms with Crippen molar-refractivity contribution in [2.45, 2.75) is 32.0 Å². The van der Waals surface area contributed by atoms with Crippen LogP contribution >= 0.6 is 0 Å². The van der Waals surface area contributed by atoms with E-state index in [9.17, 15) is 4.79 Å². The van der Waals surface area contributed by atoms with E-state index < -0.39 is 0 Å². The number of fused-ring (bicyclic) bond motifs is 1. The highest BCUT2D eigenvalue weighted by molar-refractivity contribution is 5.85. The molecule has 142 valence electrons. The Labute approximate surface area is 160 Å². The zero-order chi connectivity index (χ0) is 19.0. The van der Waals surface area contributed by atoms with Gasteiger partial charge in [-0.3, -0.25) is 9.69 Å². The zero-order valence-corrected chi connectivity index (χ0v) is 16.4. The molecule has 0 amide bonds. The number of nitrogens with one attached hydrogen (secondary N) is 1. The minimum atomic E-state index is -0.0463. The molecule has 5 heteroatoms. The van der Waals surface area contributed by atoms with Gasteiger partial charge in [-0.1, -0.05) is 6.08 Å². The van der Waals surface area contributed by atoms with Crippen LogP contribution in [0.15, 0.2) is 53.5 Å². The molecule has 2 unspecified atom stereocenters. The second-order valence-electron chi connectivity index (χ2n) is 7.89. The number of anilines is 1. The standard InChI is InChI=1S/C22H28N4O/c1-16-13-21(27)23-20-10-9-17(14-19(16)20)25-11-5-4-8-22(25)26-12-6-7-18(26)15-24(2)3/h4-5,8-11,13-14,18,22H,6-7,12,15H2,1-3H3,(H,23,27). The van der Waals surface area contributed by atoms with E-state index in [1.807, 2.05) is 13.0 Å². The van der Waals surface area contributed by atoms with Gasteiger partial charge in [0, 0.05) is 48.0 Å². The Morgan fingerprint density at radius 3 is 2.89 bits per heavy atom. The van der Waals surface area contributed by atoms with E-state index in [0.717, 1.165) is 35.2 Å². The summed E-state index contributed by atoms with van der Waals surface area (Å²) in [6, 6.07) is 8.55. The van der Waals surface area contributed by atoms with E-state index in [2.05, 4.69) is 70.3 Å². The van der Waals surface area contributed by atoms with E-state index in [-0.39, 0.29) is 11.7 Å². The molecule has 2 aliphatic heterocycles. The fourth-order valence-electron chi connectivity index (χ4n) is 4.39. The predicted octanol–water partition coefficient (Wildman–Crippen LogP) is 3.08. The van der Waals surface area contributed by atoms with Crippen molar-refractivity contribution in [3.05, 3.63) is 64.6 Å². The SMILES string of the molecule is Cc1cc(=O)[nH]c2ccc(N3C=CC=CC3N3CCCC3CN(C)C)cc12. The molecule has 1 fully saturated rings. The Morgan fingerprint density at radius 2 is 2.07 bits per heavy atom. The normalized spacial score (nSPS) is 23.0. The molecular weight excluding hydrogens is 336 g/mol. The van der Waals surface area contributed by atoms with Crippen molar-refractivity contribution in [1.29, 1.82) is 0 Å². The van der Waals surface area contributed by atoms with Crippen LogP contribution in [0.5, 0.6) is 0 Å². The first-order valence-electron chi connectivity index (χ1n) is 9.70. The first-order chi connectivity index (χ1) is 13.0.